The highest BCUT2D eigenvalue weighted by atomic mass is 15.1. The number of hydrogen-bond acceptors (Lipinski definition) is 2. The summed E-state index contributed by atoms with van der Waals surface area (Å²) in [4.78, 5) is 0. The van der Waals surface area contributed by atoms with Gasteiger partial charge in [-0.25, -0.2) is 0 Å². The molecule has 3 aromatic heterocycles. The SMILES string of the molecule is N#Cc1cc(-n2c3ccccc3c3ccccc32)c(-n2c3ccccc3c3c4c5ccccc5n(-c5ccccc5)c4ccc32)cc1C#N. The lowest BCUT2D eigenvalue weighted by Gasteiger charge is -2.18. The Labute approximate surface area is 280 Å². The number of para-hydroxylation sites is 5. The predicted molar refractivity (Wildman–Crippen MR) is 199 cm³/mol. The summed E-state index contributed by atoms with van der Waals surface area (Å²) in [6, 6.07) is 57.2. The fraction of sp³-hybridized carbons (Fsp3) is 0. The molecule has 3 heterocycles. The average molecular weight is 624 g/mol. The van der Waals surface area contributed by atoms with E-state index in [1.165, 1.54) is 10.8 Å². The highest BCUT2D eigenvalue weighted by Gasteiger charge is 2.24. The Balaban J connectivity index is 1.40. The van der Waals surface area contributed by atoms with Crippen LogP contribution in [0.3, 0.4) is 0 Å². The van der Waals surface area contributed by atoms with Crippen LogP contribution < -0.4 is 0 Å². The molecule has 0 saturated carbocycles. The van der Waals surface area contributed by atoms with E-state index in [0.29, 0.717) is 11.1 Å². The smallest absolute Gasteiger partial charge is 0.101 e. The van der Waals surface area contributed by atoms with Gasteiger partial charge in [-0.15, -0.1) is 0 Å². The number of hydrogen-bond donors (Lipinski definition) is 0. The summed E-state index contributed by atoms with van der Waals surface area (Å²) >= 11 is 0. The van der Waals surface area contributed by atoms with Crippen molar-refractivity contribution in [3.63, 3.8) is 0 Å². The quantitative estimate of drug-likeness (QED) is 0.197. The van der Waals surface area contributed by atoms with Gasteiger partial charge in [-0.2, -0.15) is 10.5 Å². The standard InChI is InChI=1S/C44H25N5/c45-26-28-24-41(48-35-18-8-4-14-31(35)32-15-5-9-19-36(32)48)42(25-29(28)27-46)49-38-21-11-7-17-34(38)44-40(49)23-22-39-43(44)33-16-6-10-20-37(33)47(39)30-12-2-1-3-13-30/h1-25H. The van der Waals surface area contributed by atoms with Gasteiger partial charge in [0.1, 0.15) is 12.1 Å². The lowest BCUT2D eigenvalue weighted by Crippen LogP contribution is -2.05. The maximum absolute atomic E-state index is 10.3. The minimum Gasteiger partial charge on any atom is -0.309 e. The summed E-state index contributed by atoms with van der Waals surface area (Å²) in [5.41, 5.74) is 9.86. The maximum Gasteiger partial charge on any atom is 0.101 e. The van der Waals surface area contributed by atoms with E-state index in [9.17, 15) is 10.5 Å². The van der Waals surface area contributed by atoms with Crippen LogP contribution in [0.5, 0.6) is 0 Å². The van der Waals surface area contributed by atoms with E-state index in [2.05, 4.69) is 147 Å². The van der Waals surface area contributed by atoms with E-state index < -0.39 is 0 Å². The third-order valence-corrected chi connectivity index (χ3v) is 9.90. The van der Waals surface area contributed by atoms with Crippen molar-refractivity contribution < 1.29 is 0 Å². The van der Waals surface area contributed by atoms with Crippen molar-refractivity contribution in [1.29, 1.82) is 10.5 Å². The van der Waals surface area contributed by atoms with E-state index >= 15 is 0 Å². The lowest BCUT2D eigenvalue weighted by molar-refractivity contribution is 1.09. The molecule has 0 amide bonds. The third kappa shape index (κ3) is 3.67. The normalized spacial score (nSPS) is 11.6. The Morgan fingerprint density at radius 1 is 0.347 bits per heavy atom. The molecule has 0 aliphatic carbocycles. The van der Waals surface area contributed by atoms with Gasteiger partial charge in [0.05, 0.1) is 55.6 Å². The first kappa shape index (κ1) is 27.1. The summed E-state index contributed by atoms with van der Waals surface area (Å²) in [5.74, 6) is 0. The largest absolute Gasteiger partial charge is 0.309 e. The zero-order valence-corrected chi connectivity index (χ0v) is 26.2. The summed E-state index contributed by atoms with van der Waals surface area (Å²) in [6.07, 6.45) is 0. The predicted octanol–water partition coefficient (Wildman–Crippen LogP) is 10.7. The lowest BCUT2D eigenvalue weighted by atomic mass is 10.1. The van der Waals surface area contributed by atoms with Crippen molar-refractivity contribution in [1.82, 2.24) is 13.7 Å². The molecule has 226 valence electrons. The highest BCUT2D eigenvalue weighted by Crippen LogP contribution is 2.44. The molecule has 0 fully saturated rings. The molecule has 0 radical (unpaired) electrons. The van der Waals surface area contributed by atoms with E-state index in [0.717, 1.165) is 71.7 Å². The number of aromatic nitrogens is 3. The first-order chi connectivity index (χ1) is 24.3. The van der Waals surface area contributed by atoms with Crippen LogP contribution in [0.15, 0.2) is 152 Å². The summed E-state index contributed by atoms with van der Waals surface area (Å²) in [5, 5.41) is 27.5. The molecular weight excluding hydrogens is 599 g/mol. The molecule has 5 nitrogen and oxygen atoms in total. The van der Waals surface area contributed by atoms with Gasteiger partial charge in [-0.3, -0.25) is 0 Å². The van der Waals surface area contributed by atoms with E-state index in [4.69, 9.17) is 0 Å². The molecule has 0 spiro atoms. The molecule has 0 saturated heterocycles. The molecular formula is C44H25N5. The molecule has 7 aromatic carbocycles. The second kappa shape index (κ2) is 10.2. The van der Waals surface area contributed by atoms with Crippen LogP contribution in [-0.4, -0.2) is 13.7 Å². The highest BCUT2D eigenvalue weighted by molar-refractivity contribution is 6.29. The van der Waals surface area contributed by atoms with Gasteiger partial charge in [0.2, 0.25) is 0 Å². The van der Waals surface area contributed by atoms with Gasteiger partial charge in [0.25, 0.3) is 0 Å². The summed E-state index contributed by atoms with van der Waals surface area (Å²) in [6.45, 7) is 0. The van der Waals surface area contributed by atoms with E-state index in [1.807, 2.05) is 30.3 Å². The number of fused-ring (bicyclic) bond motifs is 10. The Bertz CT molecular complexity index is 3020. The minimum absolute atomic E-state index is 0.342. The fourth-order valence-corrected chi connectivity index (χ4v) is 7.94. The van der Waals surface area contributed by atoms with Crippen molar-refractivity contribution in [2.45, 2.75) is 0 Å². The monoisotopic (exact) mass is 623 g/mol. The molecule has 0 bridgehead atoms. The maximum atomic E-state index is 10.3. The Kier molecular flexibility index (Phi) is 5.64. The van der Waals surface area contributed by atoms with Crippen molar-refractivity contribution in [2.24, 2.45) is 0 Å². The zero-order chi connectivity index (χ0) is 32.6. The van der Waals surface area contributed by atoms with Crippen molar-refractivity contribution in [2.75, 3.05) is 0 Å². The van der Waals surface area contributed by atoms with Crippen molar-refractivity contribution in [3.8, 4) is 29.2 Å². The van der Waals surface area contributed by atoms with E-state index in [-0.39, 0.29) is 0 Å². The summed E-state index contributed by atoms with van der Waals surface area (Å²) in [7, 11) is 0. The Hall–Kier alpha value is -7.08. The fourth-order valence-electron chi connectivity index (χ4n) is 7.94. The van der Waals surface area contributed by atoms with Crippen LogP contribution in [0.1, 0.15) is 11.1 Å². The Morgan fingerprint density at radius 2 is 0.714 bits per heavy atom. The molecule has 0 aliphatic heterocycles. The number of nitriles is 2. The number of benzene rings is 7. The van der Waals surface area contributed by atoms with Crippen molar-refractivity contribution >= 4 is 65.4 Å². The van der Waals surface area contributed by atoms with Crippen molar-refractivity contribution in [3.05, 3.63) is 163 Å². The first-order valence-corrected chi connectivity index (χ1v) is 16.2. The van der Waals surface area contributed by atoms with Gasteiger partial charge < -0.3 is 13.7 Å². The average Bonchev–Trinajstić information content (AvgIpc) is 3.80. The Morgan fingerprint density at radius 3 is 1.20 bits per heavy atom. The molecule has 0 atom stereocenters. The van der Waals surface area contributed by atoms with Gasteiger partial charge in [0, 0.05) is 38.0 Å². The topological polar surface area (TPSA) is 62.4 Å². The zero-order valence-electron chi connectivity index (χ0n) is 26.2. The molecule has 0 unspecified atom stereocenters. The van der Waals surface area contributed by atoms with Crippen LogP contribution >= 0.6 is 0 Å². The number of rotatable bonds is 3. The second-order valence-corrected chi connectivity index (χ2v) is 12.4. The van der Waals surface area contributed by atoms with Crippen LogP contribution in [0, 0.1) is 22.7 Å². The molecule has 49 heavy (non-hydrogen) atoms. The molecule has 10 aromatic rings. The summed E-state index contributed by atoms with van der Waals surface area (Å²) < 4.78 is 6.86. The van der Waals surface area contributed by atoms with E-state index in [1.54, 1.807) is 0 Å². The molecule has 0 N–H and O–H groups in total. The first-order valence-electron chi connectivity index (χ1n) is 16.2. The van der Waals surface area contributed by atoms with Gasteiger partial charge in [0.15, 0.2) is 0 Å². The van der Waals surface area contributed by atoms with Gasteiger partial charge in [-0.05, 0) is 60.7 Å². The van der Waals surface area contributed by atoms with Crippen LogP contribution in [0.25, 0.3) is 82.5 Å². The van der Waals surface area contributed by atoms with Crippen LogP contribution in [0.4, 0.5) is 0 Å². The van der Waals surface area contributed by atoms with Crippen LogP contribution in [-0.2, 0) is 0 Å². The van der Waals surface area contributed by atoms with Gasteiger partial charge in [-0.1, -0.05) is 91.0 Å². The molecule has 10 rings (SSSR count). The van der Waals surface area contributed by atoms with Crippen LogP contribution in [0.2, 0.25) is 0 Å². The van der Waals surface area contributed by atoms with Gasteiger partial charge >= 0.3 is 0 Å². The third-order valence-electron chi connectivity index (χ3n) is 9.90. The number of nitrogens with zero attached hydrogens (tertiary/aromatic N) is 5. The second-order valence-electron chi connectivity index (χ2n) is 12.4. The molecule has 5 heteroatoms. The minimum atomic E-state index is 0.342. The molecule has 0 aliphatic rings.